The first-order valence-electron chi connectivity index (χ1n) is 8.47. The van der Waals surface area contributed by atoms with Crippen LogP contribution in [0.1, 0.15) is 5.69 Å². The molecule has 0 unspecified atom stereocenters. The number of nitrogens with one attached hydrogen (secondary N) is 1. The van der Waals surface area contributed by atoms with Gasteiger partial charge in [-0.2, -0.15) is 0 Å². The van der Waals surface area contributed by atoms with Crippen molar-refractivity contribution in [2.24, 2.45) is 0 Å². The van der Waals surface area contributed by atoms with Gasteiger partial charge in [0.15, 0.2) is 0 Å². The van der Waals surface area contributed by atoms with E-state index in [-0.39, 0.29) is 17.1 Å². The summed E-state index contributed by atoms with van der Waals surface area (Å²) in [5.74, 6) is -1.31. The number of benzene rings is 2. The van der Waals surface area contributed by atoms with Crippen LogP contribution >= 0.6 is 0 Å². The van der Waals surface area contributed by atoms with Gasteiger partial charge in [-0.05, 0) is 36.4 Å². The second-order valence-corrected chi connectivity index (χ2v) is 7.74. The summed E-state index contributed by atoms with van der Waals surface area (Å²) in [6.07, 6.45) is 1.59. The van der Waals surface area contributed by atoms with Crippen molar-refractivity contribution in [3.8, 4) is 0 Å². The molecule has 28 heavy (non-hydrogen) atoms. The monoisotopic (exact) mass is 399 g/mol. The van der Waals surface area contributed by atoms with Crippen molar-refractivity contribution in [2.75, 3.05) is 10.8 Å². The lowest BCUT2D eigenvalue weighted by molar-refractivity contribution is -0.119. The average Bonchev–Trinajstić information content (AvgIpc) is 2.72. The number of halogens is 1. The van der Waals surface area contributed by atoms with Crippen LogP contribution in [0.4, 0.5) is 10.1 Å². The summed E-state index contributed by atoms with van der Waals surface area (Å²) in [6, 6.07) is 18.3. The lowest BCUT2D eigenvalue weighted by Gasteiger charge is -2.24. The minimum atomic E-state index is -4.14. The number of anilines is 1. The van der Waals surface area contributed by atoms with Gasteiger partial charge in [-0.1, -0.05) is 36.4 Å². The Bertz CT molecular complexity index is 1040. The molecule has 1 N–H and O–H groups in total. The number of hydrogen-bond donors (Lipinski definition) is 1. The zero-order chi connectivity index (χ0) is 20.0. The molecule has 0 aliphatic carbocycles. The largest absolute Gasteiger partial charge is 0.349 e. The highest BCUT2D eigenvalue weighted by Crippen LogP contribution is 2.25. The topological polar surface area (TPSA) is 79.4 Å². The third kappa shape index (κ3) is 4.52. The summed E-state index contributed by atoms with van der Waals surface area (Å²) >= 11 is 0. The number of sulfonamides is 1. The molecule has 0 radical (unpaired) electrons. The van der Waals surface area contributed by atoms with E-state index in [2.05, 4.69) is 10.3 Å². The van der Waals surface area contributed by atoms with Crippen molar-refractivity contribution in [3.05, 3.63) is 90.5 Å². The maximum Gasteiger partial charge on any atom is 0.264 e. The van der Waals surface area contributed by atoms with Crippen LogP contribution in [0.15, 0.2) is 83.9 Å². The first-order chi connectivity index (χ1) is 13.5. The molecule has 0 bridgehead atoms. The Hall–Kier alpha value is -3.26. The van der Waals surface area contributed by atoms with Crippen LogP contribution in [0.3, 0.4) is 0 Å². The number of pyridine rings is 1. The first kappa shape index (κ1) is 19.5. The van der Waals surface area contributed by atoms with Gasteiger partial charge >= 0.3 is 0 Å². The number of hydrogen-bond acceptors (Lipinski definition) is 4. The number of carbonyl (C=O) groups excluding carboxylic acids is 1. The Morgan fingerprint density at radius 2 is 1.64 bits per heavy atom. The Balaban J connectivity index is 1.87. The van der Waals surface area contributed by atoms with E-state index in [1.165, 1.54) is 30.3 Å². The molecule has 0 saturated carbocycles. The van der Waals surface area contributed by atoms with Gasteiger partial charge in [0.25, 0.3) is 10.0 Å². The van der Waals surface area contributed by atoms with Gasteiger partial charge in [-0.25, -0.2) is 12.8 Å². The van der Waals surface area contributed by atoms with Crippen LogP contribution in [0.25, 0.3) is 0 Å². The first-order valence-corrected chi connectivity index (χ1v) is 9.91. The molecule has 1 amide bonds. The highest BCUT2D eigenvalue weighted by atomic mass is 32.2. The molecule has 3 aromatic rings. The van der Waals surface area contributed by atoms with Gasteiger partial charge in [-0.3, -0.25) is 14.1 Å². The molecular weight excluding hydrogens is 381 g/mol. The fraction of sp³-hybridized carbons (Fsp3) is 0.100. The predicted octanol–water partition coefficient (Wildman–Crippen LogP) is 2.73. The zero-order valence-corrected chi connectivity index (χ0v) is 15.6. The standard InChI is InChI=1S/C20H18FN3O3S/c21-18-11-4-5-12-19(18)24(28(26,27)17-9-2-1-3-10-17)15-20(25)23-14-16-8-6-7-13-22-16/h1-13H,14-15H2,(H,23,25). The van der Waals surface area contributed by atoms with Crippen LogP contribution < -0.4 is 9.62 Å². The lowest BCUT2D eigenvalue weighted by atomic mass is 10.3. The van der Waals surface area contributed by atoms with E-state index in [0.717, 1.165) is 10.4 Å². The van der Waals surface area contributed by atoms with Gasteiger partial charge in [-0.15, -0.1) is 0 Å². The summed E-state index contributed by atoms with van der Waals surface area (Å²) in [7, 11) is -4.14. The van der Waals surface area contributed by atoms with Crippen molar-refractivity contribution >= 4 is 21.6 Å². The van der Waals surface area contributed by atoms with E-state index in [9.17, 15) is 17.6 Å². The zero-order valence-electron chi connectivity index (χ0n) is 14.8. The van der Waals surface area contributed by atoms with E-state index in [4.69, 9.17) is 0 Å². The molecular formula is C20H18FN3O3S. The number of nitrogens with zero attached hydrogens (tertiary/aromatic N) is 2. The molecule has 2 aromatic carbocycles. The molecule has 0 aliphatic rings. The van der Waals surface area contributed by atoms with Crippen molar-refractivity contribution in [1.82, 2.24) is 10.3 Å². The van der Waals surface area contributed by atoms with Crippen molar-refractivity contribution in [2.45, 2.75) is 11.4 Å². The third-order valence-electron chi connectivity index (χ3n) is 3.93. The molecule has 0 saturated heterocycles. The minimum Gasteiger partial charge on any atom is -0.349 e. The summed E-state index contributed by atoms with van der Waals surface area (Å²) < 4.78 is 41.2. The number of rotatable bonds is 7. The van der Waals surface area contributed by atoms with Crippen LogP contribution in [0, 0.1) is 5.82 Å². The molecule has 0 spiro atoms. The lowest BCUT2D eigenvalue weighted by Crippen LogP contribution is -2.41. The Kier molecular flexibility index (Phi) is 6.00. The van der Waals surface area contributed by atoms with Crippen LogP contribution in [-0.2, 0) is 21.4 Å². The van der Waals surface area contributed by atoms with E-state index < -0.39 is 28.3 Å². The molecule has 0 fully saturated rings. The van der Waals surface area contributed by atoms with Crippen molar-refractivity contribution in [3.63, 3.8) is 0 Å². The van der Waals surface area contributed by atoms with Gasteiger partial charge in [0.05, 0.1) is 22.8 Å². The van der Waals surface area contributed by atoms with Crippen LogP contribution in [0.5, 0.6) is 0 Å². The highest BCUT2D eigenvalue weighted by molar-refractivity contribution is 7.92. The van der Waals surface area contributed by atoms with Gasteiger partial charge in [0.1, 0.15) is 12.4 Å². The van der Waals surface area contributed by atoms with Crippen LogP contribution in [0.2, 0.25) is 0 Å². The Morgan fingerprint density at radius 3 is 2.32 bits per heavy atom. The molecule has 1 heterocycles. The number of amides is 1. The predicted molar refractivity (Wildman–Crippen MR) is 103 cm³/mol. The van der Waals surface area contributed by atoms with E-state index in [1.807, 2.05) is 0 Å². The van der Waals surface area contributed by atoms with E-state index in [0.29, 0.717) is 5.69 Å². The summed E-state index contributed by atoms with van der Waals surface area (Å²) in [6.45, 7) is -0.429. The fourth-order valence-electron chi connectivity index (χ4n) is 2.55. The van der Waals surface area contributed by atoms with Gasteiger partial charge in [0.2, 0.25) is 5.91 Å². The third-order valence-corrected chi connectivity index (χ3v) is 5.71. The summed E-state index contributed by atoms with van der Waals surface area (Å²) in [5.41, 5.74) is 0.429. The highest BCUT2D eigenvalue weighted by Gasteiger charge is 2.28. The minimum absolute atomic E-state index is 0.0317. The maximum atomic E-state index is 14.3. The molecule has 0 atom stereocenters. The molecule has 8 heteroatoms. The van der Waals surface area contributed by atoms with Crippen LogP contribution in [-0.4, -0.2) is 25.9 Å². The van der Waals surface area contributed by atoms with E-state index in [1.54, 1.807) is 42.6 Å². The number of carbonyl (C=O) groups is 1. The van der Waals surface area contributed by atoms with Gasteiger partial charge in [0, 0.05) is 6.20 Å². The normalized spacial score (nSPS) is 11.0. The van der Waals surface area contributed by atoms with E-state index >= 15 is 0 Å². The fourth-order valence-corrected chi connectivity index (χ4v) is 4.00. The molecule has 1 aromatic heterocycles. The molecule has 144 valence electrons. The Morgan fingerprint density at radius 1 is 0.964 bits per heavy atom. The quantitative estimate of drug-likeness (QED) is 0.663. The molecule has 6 nitrogen and oxygen atoms in total. The molecule has 0 aliphatic heterocycles. The number of para-hydroxylation sites is 1. The second kappa shape index (κ2) is 8.62. The second-order valence-electron chi connectivity index (χ2n) is 5.87. The average molecular weight is 399 g/mol. The maximum absolute atomic E-state index is 14.3. The van der Waals surface area contributed by atoms with Crippen molar-refractivity contribution in [1.29, 1.82) is 0 Å². The molecule has 3 rings (SSSR count). The van der Waals surface area contributed by atoms with Gasteiger partial charge < -0.3 is 5.32 Å². The number of aromatic nitrogens is 1. The smallest absolute Gasteiger partial charge is 0.264 e. The summed E-state index contributed by atoms with van der Waals surface area (Å²) in [5, 5.41) is 2.61. The summed E-state index contributed by atoms with van der Waals surface area (Å²) in [4.78, 5) is 16.5. The SMILES string of the molecule is O=C(CN(c1ccccc1F)S(=O)(=O)c1ccccc1)NCc1ccccn1. The van der Waals surface area contributed by atoms with Crippen molar-refractivity contribution < 1.29 is 17.6 Å². The Labute approximate surface area is 162 Å².